The highest BCUT2D eigenvalue weighted by atomic mass is 32.1. The van der Waals surface area contributed by atoms with Crippen molar-refractivity contribution >= 4 is 17.4 Å². The summed E-state index contributed by atoms with van der Waals surface area (Å²) in [6.45, 7) is 11.7. The first-order valence-corrected chi connectivity index (χ1v) is 9.30. The Bertz CT molecular complexity index is 773. The van der Waals surface area contributed by atoms with Crippen LogP contribution in [0.3, 0.4) is 0 Å². The number of allylic oxidation sites excluding steroid dienone is 3. The molecule has 2 rings (SSSR count). The van der Waals surface area contributed by atoms with Crippen molar-refractivity contribution in [3.63, 3.8) is 0 Å². The van der Waals surface area contributed by atoms with Crippen molar-refractivity contribution in [1.29, 1.82) is 5.26 Å². The topological polar surface area (TPSA) is 62.1 Å². The van der Waals surface area contributed by atoms with E-state index in [-0.39, 0.29) is 0 Å². The second-order valence-corrected chi connectivity index (χ2v) is 8.85. The van der Waals surface area contributed by atoms with Crippen LogP contribution in [0.5, 0.6) is 0 Å². The zero-order valence-corrected chi connectivity index (χ0v) is 16.6. The number of aryl methyl sites for hydroxylation is 2. The molecule has 0 aromatic carbocycles. The molecule has 25 heavy (non-hydrogen) atoms. The molecule has 1 N–H and O–H groups in total. The number of ether oxygens (including phenoxy) is 1. The number of nitrogens with one attached hydrogen (secondary N) is 1. The van der Waals surface area contributed by atoms with E-state index in [1.165, 1.54) is 10.5 Å². The first kappa shape index (κ1) is 19.3. The van der Waals surface area contributed by atoms with E-state index >= 15 is 0 Å². The maximum absolute atomic E-state index is 12.0. The molecular weight excluding hydrogens is 332 g/mol. The Morgan fingerprint density at radius 2 is 2.04 bits per heavy atom. The van der Waals surface area contributed by atoms with E-state index in [2.05, 4.69) is 25.2 Å². The number of nitrogens with zero attached hydrogens (tertiary/aromatic N) is 1. The highest BCUT2D eigenvalue weighted by Crippen LogP contribution is 2.35. The SMILES string of the molecule is CC1=CC(NC(=O)OC(C)(C)C)=C(C)C1CCc1sc(C)cc1C#N. The number of hydrogen-bond acceptors (Lipinski definition) is 4. The third kappa shape index (κ3) is 4.96. The number of nitriles is 1. The lowest BCUT2D eigenvalue weighted by molar-refractivity contribution is 0.0547. The predicted octanol–water partition coefficient (Wildman–Crippen LogP) is 5.24. The van der Waals surface area contributed by atoms with Crippen LogP contribution in [-0.2, 0) is 11.2 Å². The normalized spacial score (nSPS) is 17.3. The summed E-state index contributed by atoms with van der Waals surface area (Å²) >= 11 is 1.69. The zero-order valence-electron chi connectivity index (χ0n) is 15.8. The molecule has 1 aromatic rings. The van der Waals surface area contributed by atoms with Gasteiger partial charge in [-0.3, -0.25) is 5.32 Å². The lowest BCUT2D eigenvalue weighted by Gasteiger charge is -2.20. The maximum Gasteiger partial charge on any atom is 0.412 e. The van der Waals surface area contributed by atoms with Crippen molar-refractivity contribution in [2.24, 2.45) is 5.92 Å². The van der Waals surface area contributed by atoms with Crippen LogP contribution in [0.4, 0.5) is 4.79 Å². The molecule has 0 radical (unpaired) electrons. The molecule has 0 aliphatic heterocycles. The van der Waals surface area contributed by atoms with E-state index in [0.29, 0.717) is 5.92 Å². The predicted molar refractivity (Wildman–Crippen MR) is 101 cm³/mol. The summed E-state index contributed by atoms with van der Waals surface area (Å²) in [6, 6.07) is 4.23. The Morgan fingerprint density at radius 1 is 1.36 bits per heavy atom. The number of amides is 1. The van der Waals surface area contributed by atoms with Gasteiger partial charge in [-0.25, -0.2) is 4.79 Å². The minimum Gasteiger partial charge on any atom is -0.444 e. The molecule has 1 aliphatic rings. The van der Waals surface area contributed by atoms with Gasteiger partial charge >= 0.3 is 6.09 Å². The Hall–Kier alpha value is -2.06. The fourth-order valence-electron chi connectivity index (χ4n) is 3.08. The van der Waals surface area contributed by atoms with Gasteiger partial charge in [0.15, 0.2) is 0 Å². The van der Waals surface area contributed by atoms with Crippen LogP contribution in [0.1, 0.15) is 56.4 Å². The van der Waals surface area contributed by atoms with Gasteiger partial charge in [0.2, 0.25) is 0 Å². The Balaban J connectivity index is 2.05. The minimum atomic E-state index is -0.514. The molecule has 5 heteroatoms. The molecule has 134 valence electrons. The van der Waals surface area contributed by atoms with Crippen molar-refractivity contribution in [2.75, 3.05) is 0 Å². The molecule has 1 aromatic heterocycles. The average Bonchev–Trinajstić information content (AvgIpc) is 2.95. The third-order valence-electron chi connectivity index (χ3n) is 4.22. The lowest BCUT2D eigenvalue weighted by atomic mass is 9.92. The number of thiophene rings is 1. The molecule has 1 aliphatic carbocycles. The van der Waals surface area contributed by atoms with Gasteiger partial charge < -0.3 is 4.74 Å². The molecule has 0 spiro atoms. The quantitative estimate of drug-likeness (QED) is 0.801. The van der Waals surface area contributed by atoms with Crippen molar-refractivity contribution in [3.8, 4) is 6.07 Å². The number of rotatable bonds is 4. The van der Waals surface area contributed by atoms with Crippen LogP contribution >= 0.6 is 11.3 Å². The van der Waals surface area contributed by atoms with E-state index in [1.807, 2.05) is 39.8 Å². The van der Waals surface area contributed by atoms with Crippen molar-refractivity contribution in [3.05, 3.63) is 44.3 Å². The van der Waals surface area contributed by atoms with E-state index in [9.17, 15) is 10.1 Å². The number of carbonyl (C=O) groups is 1. The summed E-state index contributed by atoms with van der Waals surface area (Å²) in [7, 11) is 0. The van der Waals surface area contributed by atoms with E-state index in [4.69, 9.17) is 4.74 Å². The van der Waals surface area contributed by atoms with Crippen molar-refractivity contribution in [2.45, 2.75) is 60.0 Å². The second-order valence-electron chi connectivity index (χ2n) is 7.51. The molecule has 1 atom stereocenters. The molecule has 0 fully saturated rings. The standard InChI is InChI=1S/C20H26N2O2S/c1-12-9-17(22-19(23)24-20(4,5)6)14(3)16(12)7-8-18-15(11-21)10-13(2)25-18/h9-10,16H,7-8H2,1-6H3,(H,22,23). The van der Waals surface area contributed by atoms with Gasteiger partial charge in [0.1, 0.15) is 11.7 Å². The molecule has 0 bridgehead atoms. The van der Waals surface area contributed by atoms with Crippen LogP contribution in [0.2, 0.25) is 0 Å². The molecule has 1 amide bonds. The zero-order chi connectivity index (χ0) is 18.8. The summed E-state index contributed by atoms with van der Waals surface area (Å²) in [5.41, 5.74) is 3.49. The highest BCUT2D eigenvalue weighted by Gasteiger charge is 2.25. The molecular formula is C20H26N2O2S. The van der Waals surface area contributed by atoms with E-state index in [0.717, 1.165) is 34.6 Å². The lowest BCUT2D eigenvalue weighted by Crippen LogP contribution is -2.31. The van der Waals surface area contributed by atoms with Gasteiger partial charge in [-0.05, 0) is 72.1 Å². The van der Waals surface area contributed by atoms with Gasteiger partial charge in [0, 0.05) is 21.4 Å². The van der Waals surface area contributed by atoms with E-state index in [1.54, 1.807) is 11.3 Å². The Kier molecular flexibility index (Phi) is 5.74. The molecule has 1 unspecified atom stereocenters. The second kappa shape index (κ2) is 7.45. The monoisotopic (exact) mass is 358 g/mol. The van der Waals surface area contributed by atoms with E-state index < -0.39 is 11.7 Å². The Labute approximate surface area is 154 Å². The summed E-state index contributed by atoms with van der Waals surface area (Å²) in [6.07, 6.45) is 3.40. The number of hydrogen-bond donors (Lipinski definition) is 1. The van der Waals surface area contributed by atoms with Gasteiger partial charge in [0.25, 0.3) is 0 Å². The van der Waals surface area contributed by atoms with Crippen LogP contribution in [0.25, 0.3) is 0 Å². The van der Waals surface area contributed by atoms with Gasteiger partial charge in [-0.1, -0.05) is 5.57 Å². The summed E-state index contributed by atoms with van der Waals surface area (Å²) in [5.74, 6) is 0.291. The van der Waals surface area contributed by atoms with Crippen molar-refractivity contribution < 1.29 is 9.53 Å². The fraction of sp³-hybridized carbons (Fsp3) is 0.500. The summed E-state index contributed by atoms with van der Waals surface area (Å²) < 4.78 is 5.33. The van der Waals surface area contributed by atoms with Crippen molar-refractivity contribution in [1.82, 2.24) is 5.32 Å². The summed E-state index contributed by atoms with van der Waals surface area (Å²) in [4.78, 5) is 14.3. The highest BCUT2D eigenvalue weighted by molar-refractivity contribution is 7.12. The van der Waals surface area contributed by atoms with Crippen LogP contribution in [0.15, 0.2) is 29.0 Å². The van der Waals surface area contributed by atoms with Crippen LogP contribution < -0.4 is 5.32 Å². The van der Waals surface area contributed by atoms with Gasteiger partial charge in [-0.2, -0.15) is 5.26 Å². The first-order valence-electron chi connectivity index (χ1n) is 8.49. The number of alkyl carbamates (subject to hydrolysis) is 1. The largest absolute Gasteiger partial charge is 0.444 e. The van der Waals surface area contributed by atoms with Gasteiger partial charge in [-0.15, -0.1) is 11.3 Å². The molecule has 0 saturated carbocycles. The number of carbonyl (C=O) groups excluding carboxylic acids is 1. The summed E-state index contributed by atoms with van der Waals surface area (Å²) in [5, 5.41) is 12.1. The average molecular weight is 359 g/mol. The third-order valence-corrected chi connectivity index (χ3v) is 5.33. The molecule has 0 saturated heterocycles. The Morgan fingerprint density at radius 3 is 2.64 bits per heavy atom. The minimum absolute atomic E-state index is 0.291. The first-order chi connectivity index (χ1) is 11.6. The maximum atomic E-state index is 12.0. The van der Waals surface area contributed by atoms with Crippen LogP contribution in [-0.4, -0.2) is 11.7 Å². The van der Waals surface area contributed by atoms with Crippen LogP contribution in [0, 0.1) is 24.2 Å². The smallest absolute Gasteiger partial charge is 0.412 e. The molecule has 1 heterocycles. The molecule has 4 nitrogen and oxygen atoms in total. The van der Waals surface area contributed by atoms with Gasteiger partial charge in [0.05, 0.1) is 5.56 Å². The fourth-order valence-corrected chi connectivity index (χ4v) is 4.08.